The van der Waals surface area contributed by atoms with E-state index in [0.29, 0.717) is 10.9 Å². The Kier molecular flexibility index (Phi) is 3.30. The van der Waals surface area contributed by atoms with E-state index < -0.39 is 6.16 Å². The Morgan fingerprint density at radius 3 is 2.96 bits per heavy atom. The molecule has 8 nitrogen and oxygen atoms in total. The van der Waals surface area contributed by atoms with E-state index in [4.69, 9.17) is 5.11 Å². The van der Waals surface area contributed by atoms with Crippen molar-refractivity contribution in [1.82, 2.24) is 19.7 Å². The summed E-state index contributed by atoms with van der Waals surface area (Å²) in [4.78, 5) is 30.3. The summed E-state index contributed by atoms with van der Waals surface area (Å²) in [5.41, 5.74) is 2.68. The molecule has 4 rings (SSSR count). The van der Waals surface area contributed by atoms with Gasteiger partial charge < -0.3 is 9.84 Å². The monoisotopic (exact) mass is 326 g/mol. The van der Waals surface area contributed by atoms with Crippen molar-refractivity contribution >= 4 is 17.1 Å². The molecule has 0 bridgehead atoms. The first-order valence-corrected chi connectivity index (χ1v) is 7.62. The van der Waals surface area contributed by atoms with Crippen LogP contribution in [0.5, 0.6) is 5.75 Å². The summed E-state index contributed by atoms with van der Waals surface area (Å²) in [5, 5.41) is 13.2. The van der Waals surface area contributed by atoms with Gasteiger partial charge in [-0.15, -0.1) is 0 Å². The normalized spacial score (nSPS) is 13.7. The number of aromatic nitrogens is 4. The minimum absolute atomic E-state index is 0.0516. The molecule has 0 spiro atoms. The molecule has 0 saturated heterocycles. The van der Waals surface area contributed by atoms with Crippen molar-refractivity contribution < 1.29 is 14.6 Å². The van der Waals surface area contributed by atoms with E-state index in [0.717, 1.165) is 31.2 Å². The zero-order valence-corrected chi connectivity index (χ0v) is 12.7. The van der Waals surface area contributed by atoms with E-state index in [-0.39, 0.29) is 17.3 Å². The van der Waals surface area contributed by atoms with E-state index in [1.807, 2.05) is 12.1 Å². The highest BCUT2D eigenvalue weighted by molar-refractivity contribution is 5.83. The van der Waals surface area contributed by atoms with Crippen LogP contribution in [0.4, 0.5) is 4.79 Å². The van der Waals surface area contributed by atoms with Gasteiger partial charge in [0.15, 0.2) is 5.75 Å². The van der Waals surface area contributed by atoms with Crippen molar-refractivity contribution in [3.63, 3.8) is 0 Å². The summed E-state index contributed by atoms with van der Waals surface area (Å²) >= 11 is 0. The van der Waals surface area contributed by atoms with Crippen molar-refractivity contribution in [3.8, 4) is 11.7 Å². The van der Waals surface area contributed by atoms with Gasteiger partial charge in [-0.2, -0.15) is 5.10 Å². The van der Waals surface area contributed by atoms with Crippen LogP contribution in [0.25, 0.3) is 16.9 Å². The molecule has 1 aliphatic carbocycles. The minimum atomic E-state index is -1.43. The van der Waals surface area contributed by atoms with Gasteiger partial charge in [0.05, 0.1) is 23.3 Å². The number of carboxylic acid groups (broad SMARTS) is 1. The fourth-order valence-electron chi connectivity index (χ4n) is 3.15. The smallest absolute Gasteiger partial charge is 0.449 e. The highest BCUT2D eigenvalue weighted by Gasteiger charge is 2.17. The van der Waals surface area contributed by atoms with Crippen LogP contribution in [0.1, 0.15) is 24.0 Å². The summed E-state index contributed by atoms with van der Waals surface area (Å²) in [6.07, 6.45) is 5.24. The lowest BCUT2D eigenvalue weighted by Crippen LogP contribution is -2.17. The highest BCUT2D eigenvalue weighted by Crippen LogP contribution is 2.26. The molecule has 24 heavy (non-hydrogen) atoms. The first-order chi connectivity index (χ1) is 11.6. The molecule has 0 fully saturated rings. The van der Waals surface area contributed by atoms with Gasteiger partial charge in [0.25, 0.3) is 5.56 Å². The summed E-state index contributed by atoms with van der Waals surface area (Å²) in [6.45, 7) is 0. The lowest BCUT2D eigenvalue weighted by molar-refractivity contribution is 0.144. The minimum Gasteiger partial charge on any atom is -0.449 e. The Labute approximate surface area is 135 Å². The van der Waals surface area contributed by atoms with Gasteiger partial charge in [0.1, 0.15) is 0 Å². The second kappa shape index (κ2) is 5.48. The van der Waals surface area contributed by atoms with Crippen LogP contribution in [-0.4, -0.2) is 31.0 Å². The molecule has 0 amide bonds. The van der Waals surface area contributed by atoms with Crippen molar-refractivity contribution in [2.75, 3.05) is 0 Å². The molecule has 0 unspecified atom stereocenters. The molecule has 2 aromatic heterocycles. The lowest BCUT2D eigenvalue weighted by Gasteiger charge is -2.17. The molecule has 1 aromatic carbocycles. The number of ether oxygens (including phenoxy) is 1. The van der Waals surface area contributed by atoms with Crippen molar-refractivity contribution in [2.24, 2.45) is 0 Å². The van der Waals surface area contributed by atoms with Crippen molar-refractivity contribution in [2.45, 2.75) is 25.7 Å². The topological polar surface area (TPSA) is 110 Å². The fourth-order valence-corrected chi connectivity index (χ4v) is 3.15. The van der Waals surface area contributed by atoms with Crippen LogP contribution < -0.4 is 10.3 Å². The number of rotatable bonds is 2. The Bertz CT molecular complexity index is 1000. The van der Waals surface area contributed by atoms with E-state index >= 15 is 0 Å². The Morgan fingerprint density at radius 1 is 1.29 bits per heavy atom. The maximum absolute atomic E-state index is 12.6. The van der Waals surface area contributed by atoms with Gasteiger partial charge in [-0.25, -0.2) is 14.5 Å². The molecule has 2 heterocycles. The van der Waals surface area contributed by atoms with Crippen LogP contribution in [0.3, 0.4) is 0 Å². The van der Waals surface area contributed by atoms with E-state index in [1.54, 1.807) is 0 Å². The molecule has 0 atom stereocenters. The third kappa shape index (κ3) is 2.41. The number of hydrogen-bond donors (Lipinski definition) is 2. The van der Waals surface area contributed by atoms with Gasteiger partial charge in [-0.3, -0.25) is 9.78 Å². The molecule has 8 heteroatoms. The van der Waals surface area contributed by atoms with E-state index in [9.17, 15) is 9.59 Å². The maximum Gasteiger partial charge on any atom is 0.511 e. The lowest BCUT2D eigenvalue weighted by atomic mass is 9.89. The number of hydrogen-bond acceptors (Lipinski definition) is 5. The first-order valence-electron chi connectivity index (χ1n) is 7.62. The van der Waals surface area contributed by atoms with Gasteiger partial charge in [-0.1, -0.05) is 6.07 Å². The molecule has 1 aliphatic rings. The molecular weight excluding hydrogens is 312 g/mol. The number of aryl methyl sites for hydroxylation is 2. The highest BCUT2D eigenvalue weighted by atomic mass is 16.7. The van der Waals surface area contributed by atoms with Crippen LogP contribution in [0.2, 0.25) is 0 Å². The predicted octanol–water partition coefficient (Wildman–Crippen LogP) is 2.04. The van der Waals surface area contributed by atoms with E-state index in [1.165, 1.54) is 22.6 Å². The molecule has 0 saturated carbocycles. The zero-order chi connectivity index (χ0) is 16.7. The number of fused-ring (bicyclic) bond motifs is 3. The quantitative estimate of drug-likeness (QED) is 0.697. The third-order valence-corrected chi connectivity index (χ3v) is 4.17. The van der Waals surface area contributed by atoms with Gasteiger partial charge in [0, 0.05) is 0 Å². The molecule has 3 aromatic rings. The summed E-state index contributed by atoms with van der Waals surface area (Å²) in [6, 6.07) is 3.87. The molecular formula is C16H14N4O4. The summed E-state index contributed by atoms with van der Waals surface area (Å²) in [7, 11) is 0. The first kappa shape index (κ1) is 14.4. The molecule has 0 aliphatic heterocycles. The summed E-state index contributed by atoms with van der Waals surface area (Å²) < 4.78 is 5.80. The zero-order valence-electron chi connectivity index (χ0n) is 12.7. The van der Waals surface area contributed by atoms with Crippen LogP contribution >= 0.6 is 0 Å². The second-order valence-corrected chi connectivity index (χ2v) is 5.68. The van der Waals surface area contributed by atoms with Crippen LogP contribution in [0.15, 0.2) is 29.3 Å². The van der Waals surface area contributed by atoms with Gasteiger partial charge in [0.2, 0.25) is 5.95 Å². The number of H-pyrrole nitrogens is 1. The second-order valence-electron chi connectivity index (χ2n) is 5.68. The summed E-state index contributed by atoms with van der Waals surface area (Å²) in [5.74, 6) is 0.263. The Balaban J connectivity index is 1.82. The van der Waals surface area contributed by atoms with E-state index in [2.05, 4.69) is 19.8 Å². The number of nitrogens with one attached hydrogen (secondary N) is 1. The van der Waals surface area contributed by atoms with Gasteiger partial charge >= 0.3 is 6.16 Å². The van der Waals surface area contributed by atoms with Gasteiger partial charge in [-0.05, 0) is 42.9 Å². The number of benzene rings is 1. The van der Waals surface area contributed by atoms with Crippen molar-refractivity contribution in [1.29, 1.82) is 0 Å². The largest absolute Gasteiger partial charge is 0.511 e. The van der Waals surface area contributed by atoms with Crippen LogP contribution in [0, 0.1) is 0 Å². The average molecular weight is 326 g/mol. The molecule has 122 valence electrons. The standard InChI is InChI=1S/C16H14N4O4/c21-14-13-11-4-2-1-3-9(11)5-6-12(13)18-15(19-14)20-8-10(7-17-20)24-16(22)23/h5-8H,1-4H2,(H,22,23)(H,18,19,21). The Hall–Kier alpha value is -3.16. The predicted molar refractivity (Wildman–Crippen MR) is 84.8 cm³/mol. The Morgan fingerprint density at radius 2 is 2.12 bits per heavy atom. The van der Waals surface area contributed by atoms with Crippen LogP contribution in [-0.2, 0) is 12.8 Å². The molecule has 0 radical (unpaired) electrons. The van der Waals surface area contributed by atoms with Crippen molar-refractivity contribution in [3.05, 3.63) is 46.0 Å². The number of carbonyl (C=O) groups is 1. The SMILES string of the molecule is O=C(O)Oc1cnn(-c2nc3ccc4c(c3c(=O)[nH]2)CCCC4)c1. The maximum atomic E-state index is 12.6. The average Bonchev–Trinajstić information content (AvgIpc) is 3.02. The molecule has 2 N–H and O–H groups in total. The fraction of sp³-hybridized carbons (Fsp3) is 0.250. The number of nitrogens with zero attached hydrogens (tertiary/aromatic N) is 3. The third-order valence-electron chi connectivity index (χ3n) is 4.17. The number of aromatic amines is 1.